The normalized spacial score (nSPS) is 16.3. The molecule has 1 atom stereocenters. The second kappa shape index (κ2) is 8.79. The van der Waals surface area contributed by atoms with Gasteiger partial charge in [0.15, 0.2) is 0 Å². The predicted molar refractivity (Wildman–Crippen MR) is 98.8 cm³/mol. The van der Waals surface area contributed by atoms with E-state index in [0.29, 0.717) is 0 Å². The van der Waals surface area contributed by atoms with Crippen LogP contribution in [-0.2, 0) is 17.5 Å². The molecule has 0 aliphatic carbocycles. The number of alkyl halides is 6. The summed E-state index contributed by atoms with van der Waals surface area (Å²) in [5.41, 5.74) is -1.41. The molecule has 0 aromatic heterocycles. The van der Waals surface area contributed by atoms with Crippen LogP contribution in [0.25, 0.3) is 0 Å². The molecule has 0 fully saturated rings. The van der Waals surface area contributed by atoms with E-state index in [1.807, 2.05) is 0 Å². The van der Waals surface area contributed by atoms with Crippen LogP contribution in [0.15, 0.2) is 42.5 Å². The van der Waals surface area contributed by atoms with Crippen molar-refractivity contribution in [3.05, 3.63) is 70.5 Å². The van der Waals surface area contributed by atoms with Crippen molar-refractivity contribution in [2.24, 2.45) is 0 Å². The van der Waals surface area contributed by atoms with Gasteiger partial charge in [0.2, 0.25) is 5.91 Å². The molecule has 2 amide bonds. The molecule has 1 aliphatic heterocycles. The Hall–Kier alpha value is -3.11. The standard InChI is InChI=1S/C21H17F7N2O2/c22-13-6-7-14-15(10-13)17(18(31)29-9-3-8-20(23,24)25)30(19(14)32)11-12-4-1-2-5-16(12)21(26,27)28/h1-2,4-7,10,17H,3,8-9,11H2,(H,29,31). The topological polar surface area (TPSA) is 49.4 Å². The van der Waals surface area contributed by atoms with Crippen LogP contribution in [0.5, 0.6) is 0 Å². The van der Waals surface area contributed by atoms with Crippen LogP contribution in [0.2, 0.25) is 0 Å². The molecule has 1 aliphatic rings. The molecule has 0 saturated heterocycles. The smallest absolute Gasteiger partial charge is 0.354 e. The Morgan fingerprint density at radius 3 is 2.38 bits per heavy atom. The van der Waals surface area contributed by atoms with Crippen LogP contribution in [0, 0.1) is 5.82 Å². The number of benzene rings is 2. The van der Waals surface area contributed by atoms with Crippen molar-refractivity contribution in [1.29, 1.82) is 0 Å². The first-order valence-electron chi connectivity index (χ1n) is 9.48. The molecule has 172 valence electrons. The Morgan fingerprint density at radius 2 is 1.72 bits per heavy atom. The minimum Gasteiger partial charge on any atom is -0.354 e. The summed E-state index contributed by atoms with van der Waals surface area (Å²) in [6.45, 7) is -0.980. The van der Waals surface area contributed by atoms with Crippen LogP contribution in [-0.4, -0.2) is 29.4 Å². The highest BCUT2D eigenvalue weighted by molar-refractivity contribution is 6.04. The minimum absolute atomic E-state index is 0.0622. The fraction of sp³-hybridized carbons (Fsp3) is 0.333. The summed E-state index contributed by atoms with van der Waals surface area (Å²) < 4.78 is 90.8. The van der Waals surface area contributed by atoms with Crippen molar-refractivity contribution < 1.29 is 40.3 Å². The molecule has 32 heavy (non-hydrogen) atoms. The molecule has 0 radical (unpaired) electrons. The fourth-order valence-electron chi connectivity index (χ4n) is 3.56. The second-order valence-electron chi connectivity index (χ2n) is 7.23. The summed E-state index contributed by atoms with van der Waals surface area (Å²) in [5, 5.41) is 2.26. The summed E-state index contributed by atoms with van der Waals surface area (Å²) in [7, 11) is 0. The van der Waals surface area contributed by atoms with Gasteiger partial charge in [0.1, 0.15) is 11.9 Å². The lowest BCUT2D eigenvalue weighted by Gasteiger charge is -2.26. The van der Waals surface area contributed by atoms with Crippen molar-refractivity contribution in [3.8, 4) is 0 Å². The van der Waals surface area contributed by atoms with Gasteiger partial charge in [-0.3, -0.25) is 9.59 Å². The van der Waals surface area contributed by atoms with Gasteiger partial charge in [-0.05, 0) is 41.8 Å². The maximum absolute atomic E-state index is 13.8. The first-order valence-corrected chi connectivity index (χ1v) is 9.48. The molecule has 3 rings (SSSR count). The quantitative estimate of drug-likeness (QED) is 0.485. The summed E-state index contributed by atoms with van der Waals surface area (Å²) in [5.74, 6) is -2.47. The van der Waals surface area contributed by atoms with Crippen molar-refractivity contribution >= 4 is 11.8 Å². The van der Waals surface area contributed by atoms with E-state index in [0.717, 1.165) is 35.2 Å². The maximum Gasteiger partial charge on any atom is 0.416 e. The molecule has 0 saturated carbocycles. The van der Waals surface area contributed by atoms with E-state index in [1.165, 1.54) is 12.1 Å². The number of halogens is 7. The Bertz CT molecular complexity index is 1020. The lowest BCUT2D eigenvalue weighted by Crippen LogP contribution is -2.39. The number of carbonyl (C=O) groups is 2. The summed E-state index contributed by atoms with van der Waals surface area (Å²) in [4.78, 5) is 26.4. The Labute approximate surface area is 178 Å². The molecule has 11 heteroatoms. The van der Waals surface area contributed by atoms with E-state index in [-0.39, 0.29) is 23.2 Å². The SMILES string of the molecule is O=C(NCCCC(F)(F)F)C1c2cc(F)ccc2C(=O)N1Cc1ccccc1C(F)(F)F. The van der Waals surface area contributed by atoms with Gasteiger partial charge in [-0.25, -0.2) is 4.39 Å². The molecule has 2 aromatic rings. The summed E-state index contributed by atoms with van der Waals surface area (Å²) in [6, 6.07) is 6.02. The van der Waals surface area contributed by atoms with E-state index < -0.39 is 61.0 Å². The molecule has 1 unspecified atom stereocenters. The summed E-state index contributed by atoms with van der Waals surface area (Å²) in [6.07, 6.45) is -10.7. The van der Waals surface area contributed by atoms with Gasteiger partial charge in [0, 0.05) is 25.1 Å². The molecular weight excluding hydrogens is 445 g/mol. The zero-order valence-electron chi connectivity index (χ0n) is 16.4. The third-order valence-corrected chi connectivity index (χ3v) is 4.96. The largest absolute Gasteiger partial charge is 0.416 e. The van der Waals surface area contributed by atoms with Crippen LogP contribution in [0.3, 0.4) is 0 Å². The average Bonchev–Trinajstić information content (AvgIpc) is 2.95. The molecule has 1 heterocycles. The van der Waals surface area contributed by atoms with Crippen molar-refractivity contribution in [2.45, 2.75) is 37.8 Å². The number of nitrogens with one attached hydrogen (secondary N) is 1. The molecule has 2 aromatic carbocycles. The zero-order chi connectivity index (χ0) is 23.7. The fourth-order valence-corrected chi connectivity index (χ4v) is 3.56. The number of hydrogen-bond donors (Lipinski definition) is 1. The van der Waals surface area contributed by atoms with E-state index in [4.69, 9.17) is 0 Å². The first-order chi connectivity index (χ1) is 14.9. The van der Waals surface area contributed by atoms with Gasteiger partial charge in [-0.15, -0.1) is 0 Å². The van der Waals surface area contributed by atoms with Crippen LogP contribution >= 0.6 is 0 Å². The average molecular weight is 462 g/mol. The summed E-state index contributed by atoms with van der Waals surface area (Å²) >= 11 is 0. The number of nitrogens with zero attached hydrogens (tertiary/aromatic N) is 1. The number of hydrogen-bond acceptors (Lipinski definition) is 2. The van der Waals surface area contributed by atoms with Gasteiger partial charge >= 0.3 is 12.4 Å². The van der Waals surface area contributed by atoms with Gasteiger partial charge in [-0.2, -0.15) is 26.3 Å². The number of fused-ring (bicyclic) bond motifs is 1. The highest BCUT2D eigenvalue weighted by Gasteiger charge is 2.42. The third kappa shape index (κ3) is 5.20. The van der Waals surface area contributed by atoms with Crippen molar-refractivity contribution in [3.63, 3.8) is 0 Å². The lowest BCUT2D eigenvalue weighted by molar-refractivity contribution is -0.139. The molecule has 4 nitrogen and oxygen atoms in total. The highest BCUT2D eigenvalue weighted by atomic mass is 19.4. The van der Waals surface area contributed by atoms with Gasteiger partial charge in [0.05, 0.1) is 5.56 Å². The Kier molecular flexibility index (Phi) is 6.47. The van der Waals surface area contributed by atoms with Crippen molar-refractivity contribution in [2.75, 3.05) is 6.54 Å². The van der Waals surface area contributed by atoms with E-state index in [9.17, 15) is 40.3 Å². The first kappa shape index (κ1) is 23.6. The third-order valence-electron chi connectivity index (χ3n) is 4.96. The molecule has 1 N–H and O–H groups in total. The van der Waals surface area contributed by atoms with Crippen LogP contribution in [0.1, 0.15) is 45.9 Å². The second-order valence-corrected chi connectivity index (χ2v) is 7.23. The predicted octanol–water partition coefficient (Wildman–Crippen LogP) is 5.00. The number of carbonyl (C=O) groups excluding carboxylic acids is 2. The molecular formula is C21H17F7N2O2. The number of amides is 2. The molecule has 0 bridgehead atoms. The van der Waals surface area contributed by atoms with Gasteiger partial charge in [0.25, 0.3) is 5.91 Å². The number of rotatable bonds is 6. The maximum atomic E-state index is 13.8. The molecule has 0 spiro atoms. The lowest BCUT2D eigenvalue weighted by atomic mass is 10.0. The minimum atomic E-state index is -4.71. The highest BCUT2D eigenvalue weighted by Crippen LogP contribution is 2.38. The van der Waals surface area contributed by atoms with E-state index >= 15 is 0 Å². The van der Waals surface area contributed by atoms with Crippen molar-refractivity contribution in [1.82, 2.24) is 10.2 Å². The van der Waals surface area contributed by atoms with Gasteiger partial charge in [-0.1, -0.05) is 18.2 Å². The van der Waals surface area contributed by atoms with Gasteiger partial charge < -0.3 is 10.2 Å². The Morgan fingerprint density at radius 1 is 1.03 bits per heavy atom. The zero-order valence-corrected chi connectivity index (χ0v) is 16.4. The van der Waals surface area contributed by atoms with E-state index in [1.54, 1.807) is 0 Å². The van der Waals surface area contributed by atoms with Crippen LogP contribution in [0.4, 0.5) is 30.7 Å². The Balaban J connectivity index is 1.89. The van der Waals surface area contributed by atoms with E-state index in [2.05, 4.69) is 5.32 Å². The van der Waals surface area contributed by atoms with Crippen LogP contribution < -0.4 is 5.32 Å². The monoisotopic (exact) mass is 462 g/mol.